The predicted octanol–water partition coefficient (Wildman–Crippen LogP) is 3.08. The molecule has 13 heavy (non-hydrogen) atoms. The van der Waals surface area contributed by atoms with Gasteiger partial charge in [-0.1, -0.05) is 30.3 Å². The molecule has 0 aliphatic rings. The molecular formula is C10H12O2S. The molecule has 3 heteroatoms. The normalized spacial score (nSPS) is 9.62. The van der Waals surface area contributed by atoms with Crippen LogP contribution >= 0.6 is 11.8 Å². The smallest absolute Gasteiger partial charge is 0.367 e. The molecule has 1 rings (SSSR count). The molecule has 2 nitrogen and oxygen atoms in total. The Morgan fingerprint density at radius 3 is 2.69 bits per heavy atom. The fourth-order valence-electron chi connectivity index (χ4n) is 0.876. The molecule has 0 spiro atoms. The lowest BCUT2D eigenvalue weighted by atomic mass is 10.2. The van der Waals surface area contributed by atoms with Crippen LogP contribution in [0.5, 0.6) is 0 Å². The van der Waals surface area contributed by atoms with Gasteiger partial charge in [0.15, 0.2) is 0 Å². The minimum Gasteiger partial charge on any atom is -0.458 e. The van der Waals surface area contributed by atoms with Crippen LogP contribution in [0.4, 0.5) is 4.79 Å². The number of ether oxygens (including phenoxy) is 1. The first-order valence-corrected chi connectivity index (χ1v) is 5.15. The van der Waals surface area contributed by atoms with E-state index in [4.69, 9.17) is 4.74 Å². The summed E-state index contributed by atoms with van der Waals surface area (Å²) in [5.41, 5.74) is 1.14. The summed E-state index contributed by atoms with van der Waals surface area (Å²) >= 11 is 1.19. The van der Waals surface area contributed by atoms with Crippen LogP contribution in [0.1, 0.15) is 12.5 Å². The highest BCUT2D eigenvalue weighted by Gasteiger charge is 2.01. The lowest BCUT2D eigenvalue weighted by Gasteiger charge is -2.00. The molecular weight excluding hydrogens is 184 g/mol. The maximum atomic E-state index is 11.0. The fraction of sp³-hybridized carbons (Fsp3) is 0.300. The van der Waals surface area contributed by atoms with Gasteiger partial charge in [0.2, 0.25) is 0 Å². The molecule has 0 unspecified atom stereocenters. The number of carbonyl (C=O) groups excluding carboxylic acids is 1. The quantitative estimate of drug-likeness (QED) is 0.695. The molecule has 0 saturated heterocycles. The van der Waals surface area contributed by atoms with Gasteiger partial charge in [-0.25, -0.2) is 4.79 Å². The molecule has 0 heterocycles. The zero-order valence-electron chi connectivity index (χ0n) is 7.53. The third-order valence-corrected chi connectivity index (χ3v) is 2.29. The summed E-state index contributed by atoms with van der Waals surface area (Å²) in [6.45, 7) is 2.25. The van der Waals surface area contributed by atoms with Gasteiger partial charge in [-0.3, -0.25) is 0 Å². The average molecular weight is 196 g/mol. The van der Waals surface area contributed by atoms with Crippen molar-refractivity contribution in [2.45, 2.75) is 12.7 Å². The van der Waals surface area contributed by atoms with E-state index >= 15 is 0 Å². The lowest BCUT2D eigenvalue weighted by Crippen LogP contribution is -1.96. The second-order valence-corrected chi connectivity index (χ2v) is 3.37. The molecule has 1 aromatic carbocycles. The molecule has 0 saturated carbocycles. The van der Waals surface area contributed by atoms with E-state index in [9.17, 15) is 4.79 Å². The molecule has 0 amide bonds. The average Bonchev–Trinajstić information content (AvgIpc) is 2.17. The second-order valence-electron chi connectivity index (χ2n) is 2.46. The Morgan fingerprint density at radius 1 is 1.38 bits per heavy atom. The highest BCUT2D eigenvalue weighted by Crippen LogP contribution is 2.13. The molecule has 0 aliphatic carbocycles. The monoisotopic (exact) mass is 196 g/mol. The molecule has 0 atom stereocenters. The summed E-state index contributed by atoms with van der Waals surface area (Å²) in [6, 6.07) is 9.86. The zero-order valence-corrected chi connectivity index (χ0v) is 8.34. The van der Waals surface area contributed by atoms with Crippen molar-refractivity contribution >= 4 is 17.1 Å². The Kier molecular flexibility index (Phi) is 4.40. The van der Waals surface area contributed by atoms with Crippen molar-refractivity contribution in [1.82, 2.24) is 0 Å². The van der Waals surface area contributed by atoms with Crippen LogP contribution in [0.25, 0.3) is 0 Å². The van der Waals surface area contributed by atoms with E-state index in [2.05, 4.69) is 0 Å². The van der Waals surface area contributed by atoms with Gasteiger partial charge in [-0.15, -0.1) is 0 Å². The first-order chi connectivity index (χ1) is 6.33. The van der Waals surface area contributed by atoms with E-state index in [0.29, 0.717) is 12.4 Å². The maximum absolute atomic E-state index is 11.0. The number of rotatable bonds is 3. The summed E-state index contributed by atoms with van der Waals surface area (Å²) in [6.07, 6.45) is 0. The molecule has 0 N–H and O–H groups in total. The van der Waals surface area contributed by atoms with Crippen LogP contribution in [-0.2, 0) is 10.5 Å². The van der Waals surface area contributed by atoms with Crippen LogP contribution in [-0.4, -0.2) is 11.9 Å². The minimum absolute atomic E-state index is 0.202. The number of hydrogen-bond acceptors (Lipinski definition) is 3. The van der Waals surface area contributed by atoms with Gasteiger partial charge in [-0.05, 0) is 24.2 Å². The van der Waals surface area contributed by atoms with Crippen LogP contribution < -0.4 is 0 Å². The highest BCUT2D eigenvalue weighted by molar-refractivity contribution is 8.12. The van der Waals surface area contributed by atoms with E-state index in [0.717, 1.165) is 5.56 Å². The first-order valence-electron chi connectivity index (χ1n) is 4.16. The lowest BCUT2D eigenvalue weighted by molar-refractivity contribution is 0.181. The Morgan fingerprint density at radius 2 is 2.08 bits per heavy atom. The topological polar surface area (TPSA) is 26.3 Å². The third kappa shape index (κ3) is 3.99. The third-order valence-electron chi connectivity index (χ3n) is 1.46. The largest absolute Gasteiger partial charge is 0.458 e. The van der Waals surface area contributed by atoms with E-state index in [-0.39, 0.29) is 5.30 Å². The van der Waals surface area contributed by atoms with Gasteiger partial charge in [0, 0.05) is 5.75 Å². The number of thioether (sulfide) groups is 1. The van der Waals surface area contributed by atoms with E-state index in [1.165, 1.54) is 11.8 Å². The number of carbonyl (C=O) groups is 1. The Labute approximate surface area is 82.3 Å². The van der Waals surface area contributed by atoms with Gasteiger partial charge < -0.3 is 4.74 Å². The molecule has 0 fully saturated rings. The van der Waals surface area contributed by atoms with Crippen LogP contribution in [0.15, 0.2) is 30.3 Å². The summed E-state index contributed by atoms with van der Waals surface area (Å²) in [4.78, 5) is 11.0. The molecule has 0 bridgehead atoms. The summed E-state index contributed by atoms with van der Waals surface area (Å²) < 4.78 is 4.79. The molecule has 70 valence electrons. The SMILES string of the molecule is CCOC(=O)SCc1ccccc1. The van der Waals surface area contributed by atoms with Crippen molar-refractivity contribution in [3.8, 4) is 0 Å². The van der Waals surface area contributed by atoms with Crippen molar-refractivity contribution in [2.75, 3.05) is 6.61 Å². The van der Waals surface area contributed by atoms with Gasteiger partial charge in [-0.2, -0.15) is 0 Å². The molecule has 0 aromatic heterocycles. The molecule has 0 aliphatic heterocycles. The van der Waals surface area contributed by atoms with Crippen LogP contribution in [0, 0.1) is 0 Å². The number of hydrogen-bond donors (Lipinski definition) is 0. The zero-order chi connectivity index (χ0) is 9.52. The van der Waals surface area contributed by atoms with Crippen molar-refractivity contribution in [2.24, 2.45) is 0 Å². The van der Waals surface area contributed by atoms with Gasteiger partial charge in [0.05, 0.1) is 6.61 Å². The number of benzene rings is 1. The van der Waals surface area contributed by atoms with Crippen molar-refractivity contribution in [3.05, 3.63) is 35.9 Å². The fourth-order valence-corrected chi connectivity index (χ4v) is 1.55. The summed E-state index contributed by atoms with van der Waals surface area (Å²) in [7, 11) is 0. The van der Waals surface area contributed by atoms with Crippen molar-refractivity contribution in [1.29, 1.82) is 0 Å². The Bertz CT molecular complexity index is 259. The molecule has 0 radical (unpaired) electrons. The highest BCUT2D eigenvalue weighted by atomic mass is 32.2. The van der Waals surface area contributed by atoms with E-state index in [1.807, 2.05) is 30.3 Å². The van der Waals surface area contributed by atoms with Crippen LogP contribution in [0.2, 0.25) is 0 Å². The Balaban J connectivity index is 2.31. The predicted molar refractivity (Wildman–Crippen MR) is 54.8 cm³/mol. The van der Waals surface area contributed by atoms with Crippen molar-refractivity contribution < 1.29 is 9.53 Å². The molecule has 1 aromatic rings. The van der Waals surface area contributed by atoms with Gasteiger partial charge in [0.25, 0.3) is 0 Å². The maximum Gasteiger partial charge on any atom is 0.367 e. The van der Waals surface area contributed by atoms with Gasteiger partial charge >= 0.3 is 5.30 Å². The standard InChI is InChI=1S/C10H12O2S/c1-2-12-10(11)13-8-9-6-4-3-5-7-9/h3-7H,2,8H2,1H3. The first kappa shape index (κ1) is 10.1. The van der Waals surface area contributed by atoms with E-state index < -0.39 is 0 Å². The van der Waals surface area contributed by atoms with Crippen LogP contribution in [0.3, 0.4) is 0 Å². The Hall–Kier alpha value is -0.960. The minimum atomic E-state index is -0.202. The second kappa shape index (κ2) is 5.65. The van der Waals surface area contributed by atoms with Crippen molar-refractivity contribution in [3.63, 3.8) is 0 Å². The summed E-state index contributed by atoms with van der Waals surface area (Å²) in [5, 5.41) is -0.202. The summed E-state index contributed by atoms with van der Waals surface area (Å²) in [5.74, 6) is 0.680. The van der Waals surface area contributed by atoms with Gasteiger partial charge in [0.1, 0.15) is 0 Å². The van der Waals surface area contributed by atoms with E-state index in [1.54, 1.807) is 6.92 Å².